The summed E-state index contributed by atoms with van der Waals surface area (Å²) < 4.78 is 77.0. The fraction of sp³-hybridized carbons (Fsp3) is 0.632. The molecule has 2 saturated carbocycles. The highest BCUT2D eigenvalue weighted by Gasteiger charge is 2.44. The van der Waals surface area contributed by atoms with Crippen LogP contribution in [-0.4, -0.2) is 19.3 Å². The predicted octanol–water partition coefficient (Wildman–Crippen LogP) is 11.1. The van der Waals surface area contributed by atoms with E-state index < -0.39 is 24.1 Å². The van der Waals surface area contributed by atoms with Crippen molar-refractivity contribution in [3.8, 4) is 5.75 Å². The minimum atomic E-state index is -3.44. The normalized spacial score (nSPS) is 27.7. The highest BCUT2D eigenvalue weighted by atomic mass is 19.3. The molecule has 1 aliphatic heterocycles. The molecule has 0 radical (unpaired) electrons. The van der Waals surface area contributed by atoms with Gasteiger partial charge in [-0.15, -0.1) is 6.58 Å². The lowest BCUT2D eigenvalue weighted by molar-refractivity contribution is -0.222. The van der Waals surface area contributed by atoms with E-state index in [4.69, 9.17) is 14.2 Å². The molecule has 2 aliphatic carbocycles. The third kappa shape index (κ3) is 8.91. The van der Waals surface area contributed by atoms with Crippen molar-refractivity contribution in [3.63, 3.8) is 0 Å². The number of rotatable bonds is 13. The van der Waals surface area contributed by atoms with Gasteiger partial charge in [-0.3, -0.25) is 0 Å². The zero-order valence-corrected chi connectivity index (χ0v) is 26.8. The second-order valence-corrected chi connectivity index (χ2v) is 13.6. The molecule has 0 atom stereocenters. The lowest BCUT2D eigenvalue weighted by atomic mass is 9.74. The first-order chi connectivity index (χ1) is 21.8. The topological polar surface area (TPSA) is 27.7 Å². The fourth-order valence-corrected chi connectivity index (χ4v) is 7.67. The Kier molecular flexibility index (Phi) is 12.0. The molecule has 2 aromatic carbocycles. The second kappa shape index (κ2) is 15.9. The van der Waals surface area contributed by atoms with Gasteiger partial charge >= 0.3 is 6.11 Å². The van der Waals surface area contributed by atoms with Crippen LogP contribution < -0.4 is 4.74 Å². The van der Waals surface area contributed by atoms with Gasteiger partial charge in [0, 0.05) is 17.5 Å². The smallest absolute Gasteiger partial charge is 0.400 e. The van der Waals surface area contributed by atoms with Crippen LogP contribution in [0, 0.1) is 35.3 Å². The van der Waals surface area contributed by atoms with Crippen LogP contribution in [0.1, 0.15) is 119 Å². The molecule has 0 spiro atoms. The molecule has 3 aliphatic rings. The summed E-state index contributed by atoms with van der Waals surface area (Å²) >= 11 is 0. The van der Waals surface area contributed by atoms with Crippen LogP contribution in [0.15, 0.2) is 49.1 Å². The van der Waals surface area contributed by atoms with Crippen molar-refractivity contribution in [2.24, 2.45) is 23.7 Å². The first-order valence-corrected chi connectivity index (χ1v) is 17.3. The summed E-state index contributed by atoms with van der Waals surface area (Å²) in [6, 6.07) is 8.99. The van der Waals surface area contributed by atoms with Crippen LogP contribution in [-0.2, 0) is 15.9 Å². The third-order valence-electron chi connectivity index (χ3n) is 10.5. The Morgan fingerprint density at radius 2 is 1.60 bits per heavy atom. The number of aryl methyl sites for hydroxylation is 1. The van der Waals surface area contributed by atoms with Crippen LogP contribution in [0.4, 0.5) is 17.6 Å². The van der Waals surface area contributed by atoms with Gasteiger partial charge in [-0.25, -0.2) is 8.78 Å². The summed E-state index contributed by atoms with van der Waals surface area (Å²) in [6.45, 7) is 7.14. The van der Waals surface area contributed by atoms with Gasteiger partial charge in [-0.05, 0) is 92.4 Å². The van der Waals surface area contributed by atoms with Crippen LogP contribution >= 0.6 is 0 Å². The van der Waals surface area contributed by atoms with Gasteiger partial charge in [0.15, 0.2) is 6.29 Å². The Bertz CT molecular complexity index is 1230. The maximum atomic E-state index is 15.3. The summed E-state index contributed by atoms with van der Waals surface area (Å²) in [7, 11) is 0. The van der Waals surface area contributed by atoms with Gasteiger partial charge in [-0.1, -0.05) is 69.7 Å². The number of benzene rings is 2. The van der Waals surface area contributed by atoms with E-state index in [2.05, 4.69) is 13.5 Å². The van der Waals surface area contributed by atoms with Gasteiger partial charge < -0.3 is 14.2 Å². The van der Waals surface area contributed by atoms with E-state index in [1.807, 2.05) is 6.07 Å². The number of hydrogen-bond acceptors (Lipinski definition) is 3. The second-order valence-electron chi connectivity index (χ2n) is 13.6. The minimum absolute atomic E-state index is 0.151. The number of hydrogen-bond donors (Lipinski definition) is 0. The summed E-state index contributed by atoms with van der Waals surface area (Å²) in [5, 5.41) is 0. The van der Waals surface area contributed by atoms with Crippen LogP contribution in [0.2, 0.25) is 0 Å². The predicted molar refractivity (Wildman–Crippen MR) is 169 cm³/mol. The first kappa shape index (κ1) is 34.0. The molecular formula is C38H50F4O3. The number of unbranched alkanes of at least 4 members (excludes halogenated alkanes) is 2. The molecule has 0 amide bonds. The summed E-state index contributed by atoms with van der Waals surface area (Å²) in [6.07, 6.45) is 10.3. The number of alkyl halides is 2. The average Bonchev–Trinajstić information content (AvgIpc) is 3.05. The first-order valence-electron chi connectivity index (χ1n) is 17.3. The van der Waals surface area contributed by atoms with E-state index in [1.54, 1.807) is 12.1 Å². The molecule has 45 heavy (non-hydrogen) atoms. The van der Waals surface area contributed by atoms with E-state index in [0.29, 0.717) is 67.4 Å². The molecule has 3 fully saturated rings. The molecule has 1 saturated heterocycles. The zero-order chi connectivity index (χ0) is 31.8. The molecule has 0 bridgehead atoms. The average molecular weight is 631 g/mol. The van der Waals surface area contributed by atoms with Crippen molar-refractivity contribution in [1.82, 2.24) is 0 Å². The third-order valence-corrected chi connectivity index (χ3v) is 10.5. The van der Waals surface area contributed by atoms with Gasteiger partial charge in [0.25, 0.3) is 0 Å². The van der Waals surface area contributed by atoms with Crippen molar-refractivity contribution in [2.45, 2.75) is 115 Å². The van der Waals surface area contributed by atoms with Crippen LogP contribution in [0.25, 0.3) is 0 Å². The Hall–Kier alpha value is -2.38. The van der Waals surface area contributed by atoms with Gasteiger partial charge in [-0.2, -0.15) is 8.78 Å². The maximum Gasteiger partial charge on any atom is 0.400 e. The zero-order valence-electron chi connectivity index (χ0n) is 26.8. The molecule has 2 aromatic rings. The SMILES string of the molecule is C=CCCc1ccc(OC(F)(F)C2CCC(c3ccc(C4OCC(C5CCC(CCCCC)CC5)CO4)cc3F)CC2)cc1F. The molecular weight excluding hydrogens is 580 g/mol. The summed E-state index contributed by atoms with van der Waals surface area (Å²) in [5.74, 6) is -0.376. The van der Waals surface area contributed by atoms with E-state index in [9.17, 15) is 4.39 Å². The quantitative estimate of drug-likeness (QED) is 0.125. The Morgan fingerprint density at radius 3 is 2.24 bits per heavy atom. The van der Waals surface area contributed by atoms with Crippen molar-refractivity contribution in [1.29, 1.82) is 0 Å². The highest BCUT2D eigenvalue weighted by Crippen LogP contribution is 2.44. The van der Waals surface area contributed by atoms with Crippen molar-refractivity contribution >= 4 is 0 Å². The molecule has 248 valence electrons. The largest absolute Gasteiger partial charge is 0.432 e. The van der Waals surface area contributed by atoms with E-state index in [0.717, 1.165) is 12.0 Å². The Morgan fingerprint density at radius 1 is 0.867 bits per heavy atom. The minimum Gasteiger partial charge on any atom is -0.432 e. The van der Waals surface area contributed by atoms with Crippen LogP contribution in [0.3, 0.4) is 0 Å². The van der Waals surface area contributed by atoms with Crippen LogP contribution in [0.5, 0.6) is 5.75 Å². The lowest BCUT2D eigenvalue weighted by Gasteiger charge is -2.38. The molecule has 0 unspecified atom stereocenters. The van der Waals surface area contributed by atoms with Crippen molar-refractivity contribution in [2.75, 3.05) is 13.2 Å². The molecule has 7 heteroatoms. The molecule has 0 N–H and O–H groups in total. The Balaban J connectivity index is 1.08. The number of halogens is 4. The number of allylic oxidation sites excluding steroid dienone is 1. The molecule has 5 rings (SSSR count). The summed E-state index contributed by atoms with van der Waals surface area (Å²) in [5.41, 5.74) is 1.64. The number of ether oxygens (including phenoxy) is 3. The maximum absolute atomic E-state index is 15.3. The Labute approximate surface area is 266 Å². The summed E-state index contributed by atoms with van der Waals surface area (Å²) in [4.78, 5) is 0. The van der Waals surface area contributed by atoms with Crippen molar-refractivity contribution < 1.29 is 31.8 Å². The van der Waals surface area contributed by atoms with E-state index in [1.165, 1.54) is 69.6 Å². The van der Waals surface area contributed by atoms with Crippen molar-refractivity contribution in [3.05, 3.63) is 77.4 Å². The fourth-order valence-electron chi connectivity index (χ4n) is 7.67. The van der Waals surface area contributed by atoms with Gasteiger partial charge in [0.05, 0.1) is 19.1 Å². The molecule has 0 aromatic heterocycles. The molecule has 1 heterocycles. The molecule has 3 nitrogen and oxygen atoms in total. The van der Waals surface area contributed by atoms with Gasteiger partial charge in [0.1, 0.15) is 17.4 Å². The van der Waals surface area contributed by atoms with E-state index in [-0.39, 0.29) is 30.3 Å². The highest BCUT2D eigenvalue weighted by molar-refractivity contribution is 5.30. The monoisotopic (exact) mass is 630 g/mol. The van der Waals surface area contributed by atoms with E-state index >= 15 is 13.2 Å². The lowest BCUT2D eigenvalue weighted by Crippen LogP contribution is -2.37. The van der Waals surface area contributed by atoms with Gasteiger partial charge in [0.2, 0.25) is 0 Å². The standard InChI is InChI=1S/C38H50F4O3/c1-3-5-7-8-26-10-12-27(13-11-26)31-24-43-37(44-25-31)30-17-21-34(36(40)22-30)28-14-18-32(19-15-28)38(41,42)45-33-20-16-29(9-6-4-2)35(39)23-33/h4,16-17,20-23,26-28,31-32,37H,2-3,5-15,18-19,24-25H2,1H3.